The van der Waals surface area contributed by atoms with Crippen molar-refractivity contribution >= 4 is 10.9 Å². The van der Waals surface area contributed by atoms with E-state index in [1.807, 2.05) is 12.1 Å². The van der Waals surface area contributed by atoms with E-state index in [9.17, 15) is 4.39 Å². The Labute approximate surface area is 88.7 Å². The van der Waals surface area contributed by atoms with Gasteiger partial charge in [-0.3, -0.25) is 0 Å². The molecule has 0 fully saturated rings. The van der Waals surface area contributed by atoms with Crippen molar-refractivity contribution in [2.45, 2.75) is 33.0 Å². The number of alkyl halides is 1. The van der Waals surface area contributed by atoms with Crippen LogP contribution in [0, 0.1) is 0 Å². The van der Waals surface area contributed by atoms with Crippen molar-refractivity contribution in [1.29, 1.82) is 0 Å². The smallest absolute Gasteiger partial charge is 0.189 e. The van der Waals surface area contributed by atoms with Gasteiger partial charge in [-0.1, -0.05) is 26.0 Å². The van der Waals surface area contributed by atoms with Crippen LogP contribution in [0.4, 0.5) is 4.39 Å². The van der Waals surface area contributed by atoms with E-state index in [4.69, 9.17) is 0 Å². The molecule has 0 N–H and O–H groups in total. The van der Waals surface area contributed by atoms with Crippen molar-refractivity contribution in [3.8, 4) is 0 Å². The third-order valence-electron chi connectivity index (χ3n) is 2.63. The molecule has 1 aromatic carbocycles. The summed E-state index contributed by atoms with van der Waals surface area (Å²) in [4.78, 5) is 0. The predicted molar refractivity (Wildman–Crippen MR) is 59.6 cm³/mol. The number of hydrogen-bond donors (Lipinski definition) is 0. The molecule has 0 bridgehead atoms. The van der Waals surface area contributed by atoms with Crippen LogP contribution in [0.15, 0.2) is 24.4 Å². The van der Waals surface area contributed by atoms with Crippen LogP contribution >= 0.6 is 0 Å². The molecule has 0 saturated heterocycles. The summed E-state index contributed by atoms with van der Waals surface area (Å²) in [5.74, 6) is 0.452. The Morgan fingerprint density at radius 1 is 1.27 bits per heavy atom. The van der Waals surface area contributed by atoms with Gasteiger partial charge < -0.3 is 0 Å². The first-order valence-corrected chi connectivity index (χ1v) is 5.21. The Morgan fingerprint density at radius 3 is 2.60 bits per heavy atom. The topological polar surface area (TPSA) is 17.8 Å². The Hall–Kier alpha value is -1.38. The molecule has 2 rings (SSSR count). The SMILES string of the molecule is CC(C)c1ccc2cnn(C(C)F)c2c1. The van der Waals surface area contributed by atoms with Gasteiger partial charge >= 0.3 is 0 Å². The van der Waals surface area contributed by atoms with Crippen LogP contribution < -0.4 is 0 Å². The molecule has 0 amide bonds. The van der Waals surface area contributed by atoms with Gasteiger partial charge in [-0.25, -0.2) is 9.07 Å². The van der Waals surface area contributed by atoms with Crippen molar-refractivity contribution in [1.82, 2.24) is 9.78 Å². The van der Waals surface area contributed by atoms with Crippen LogP contribution in [0.3, 0.4) is 0 Å². The van der Waals surface area contributed by atoms with Gasteiger partial charge in [0.25, 0.3) is 0 Å². The fourth-order valence-corrected chi connectivity index (χ4v) is 1.70. The summed E-state index contributed by atoms with van der Waals surface area (Å²) in [6.45, 7) is 5.75. The molecule has 15 heavy (non-hydrogen) atoms. The summed E-state index contributed by atoms with van der Waals surface area (Å²) in [7, 11) is 0. The van der Waals surface area contributed by atoms with Crippen molar-refractivity contribution in [2.24, 2.45) is 0 Å². The number of hydrogen-bond acceptors (Lipinski definition) is 1. The lowest BCUT2D eigenvalue weighted by molar-refractivity contribution is 0.253. The molecule has 1 heterocycles. The second-order valence-corrected chi connectivity index (χ2v) is 4.14. The van der Waals surface area contributed by atoms with E-state index >= 15 is 0 Å². The first kappa shape index (κ1) is 10.1. The number of fused-ring (bicyclic) bond motifs is 1. The fourth-order valence-electron chi connectivity index (χ4n) is 1.70. The van der Waals surface area contributed by atoms with Crippen LogP contribution in [0.1, 0.15) is 38.5 Å². The van der Waals surface area contributed by atoms with Gasteiger partial charge in [0.05, 0.1) is 11.7 Å². The quantitative estimate of drug-likeness (QED) is 0.733. The van der Waals surface area contributed by atoms with Crippen molar-refractivity contribution in [2.75, 3.05) is 0 Å². The second-order valence-electron chi connectivity index (χ2n) is 4.14. The lowest BCUT2D eigenvalue weighted by Crippen LogP contribution is -2.01. The fraction of sp³-hybridized carbons (Fsp3) is 0.417. The minimum absolute atomic E-state index is 0.452. The molecule has 1 aromatic heterocycles. The van der Waals surface area contributed by atoms with Crippen molar-refractivity contribution < 1.29 is 4.39 Å². The van der Waals surface area contributed by atoms with E-state index < -0.39 is 6.30 Å². The van der Waals surface area contributed by atoms with Crippen LogP contribution in [-0.4, -0.2) is 9.78 Å². The third kappa shape index (κ3) is 1.74. The highest BCUT2D eigenvalue weighted by atomic mass is 19.1. The minimum atomic E-state index is -1.08. The minimum Gasteiger partial charge on any atom is -0.231 e. The average molecular weight is 206 g/mol. The molecule has 0 aliphatic rings. The molecule has 0 spiro atoms. The normalized spacial score (nSPS) is 13.7. The number of aromatic nitrogens is 2. The number of benzene rings is 1. The molecule has 0 radical (unpaired) electrons. The number of rotatable bonds is 2. The Morgan fingerprint density at radius 2 is 2.00 bits per heavy atom. The Kier molecular flexibility index (Phi) is 2.47. The van der Waals surface area contributed by atoms with Crippen LogP contribution in [0.25, 0.3) is 10.9 Å². The van der Waals surface area contributed by atoms with Crippen LogP contribution in [0.2, 0.25) is 0 Å². The maximum atomic E-state index is 13.2. The highest BCUT2D eigenvalue weighted by Gasteiger charge is 2.09. The van der Waals surface area contributed by atoms with E-state index in [1.54, 1.807) is 6.20 Å². The molecule has 0 aliphatic heterocycles. The molecule has 1 atom stereocenters. The van der Waals surface area contributed by atoms with Gasteiger partial charge in [0.1, 0.15) is 0 Å². The summed E-state index contributed by atoms with van der Waals surface area (Å²) in [5, 5.41) is 5.03. The molecule has 3 heteroatoms. The van der Waals surface area contributed by atoms with E-state index in [-0.39, 0.29) is 0 Å². The van der Waals surface area contributed by atoms with Crippen LogP contribution in [0.5, 0.6) is 0 Å². The second kappa shape index (κ2) is 3.65. The Bertz CT molecular complexity index is 471. The maximum absolute atomic E-state index is 13.2. The van der Waals surface area contributed by atoms with Crippen molar-refractivity contribution in [3.63, 3.8) is 0 Å². The monoisotopic (exact) mass is 206 g/mol. The van der Waals surface area contributed by atoms with E-state index in [0.29, 0.717) is 5.92 Å². The highest BCUT2D eigenvalue weighted by molar-refractivity contribution is 5.79. The first-order valence-electron chi connectivity index (χ1n) is 5.21. The third-order valence-corrected chi connectivity index (χ3v) is 2.63. The largest absolute Gasteiger partial charge is 0.231 e. The molecular weight excluding hydrogens is 191 g/mol. The summed E-state index contributed by atoms with van der Waals surface area (Å²) < 4.78 is 14.6. The predicted octanol–water partition coefficient (Wildman–Crippen LogP) is 3.65. The molecular formula is C12H15FN2. The maximum Gasteiger partial charge on any atom is 0.189 e. The van der Waals surface area contributed by atoms with Gasteiger partial charge in [-0.2, -0.15) is 5.10 Å². The van der Waals surface area contributed by atoms with Gasteiger partial charge in [-0.15, -0.1) is 0 Å². The first-order chi connectivity index (χ1) is 7.09. The van der Waals surface area contributed by atoms with Crippen molar-refractivity contribution in [3.05, 3.63) is 30.0 Å². The van der Waals surface area contributed by atoms with Gasteiger partial charge in [-0.05, 0) is 24.5 Å². The van der Waals surface area contributed by atoms with Gasteiger partial charge in [0, 0.05) is 5.39 Å². The lowest BCUT2D eigenvalue weighted by atomic mass is 10.0. The molecule has 2 nitrogen and oxygen atoms in total. The Balaban J connectivity index is 2.61. The average Bonchev–Trinajstić information content (AvgIpc) is 2.59. The molecule has 0 aliphatic carbocycles. The molecule has 0 saturated carbocycles. The van der Waals surface area contributed by atoms with E-state index in [0.717, 1.165) is 10.9 Å². The van der Waals surface area contributed by atoms with Crippen LogP contribution in [-0.2, 0) is 0 Å². The zero-order chi connectivity index (χ0) is 11.0. The molecule has 1 unspecified atom stereocenters. The summed E-state index contributed by atoms with van der Waals surface area (Å²) in [6, 6.07) is 6.08. The number of halogens is 1. The number of nitrogens with zero attached hydrogens (tertiary/aromatic N) is 2. The summed E-state index contributed by atoms with van der Waals surface area (Å²) in [6.07, 6.45) is 0.625. The summed E-state index contributed by atoms with van der Waals surface area (Å²) in [5.41, 5.74) is 2.08. The standard InChI is InChI=1S/C12H15FN2/c1-8(2)10-4-5-11-7-14-15(9(3)13)12(11)6-10/h4-9H,1-3H3. The molecule has 80 valence electrons. The van der Waals surface area contributed by atoms with E-state index in [2.05, 4.69) is 25.0 Å². The lowest BCUT2D eigenvalue weighted by Gasteiger charge is -2.07. The zero-order valence-corrected chi connectivity index (χ0v) is 9.24. The summed E-state index contributed by atoms with van der Waals surface area (Å²) >= 11 is 0. The van der Waals surface area contributed by atoms with E-state index in [1.165, 1.54) is 17.2 Å². The van der Waals surface area contributed by atoms with Gasteiger partial charge in [0.2, 0.25) is 0 Å². The zero-order valence-electron chi connectivity index (χ0n) is 9.24. The highest BCUT2D eigenvalue weighted by Crippen LogP contribution is 2.23. The molecule has 2 aromatic rings. The van der Waals surface area contributed by atoms with Gasteiger partial charge in [0.15, 0.2) is 6.30 Å².